The highest BCUT2D eigenvalue weighted by molar-refractivity contribution is 6.35. The number of benzene rings is 2. The van der Waals surface area contributed by atoms with Crippen LogP contribution in [0.15, 0.2) is 42.5 Å². The molecule has 32 heavy (non-hydrogen) atoms. The summed E-state index contributed by atoms with van der Waals surface area (Å²) in [5, 5.41) is 4.48. The molecule has 2 aromatic carbocycles. The van der Waals surface area contributed by atoms with E-state index in [1.54, 1.807) is 6.07 Å². The van der Waals surface area contributed by atoms with Crippen LogP contribution in [-0.4, -0.2) is 55.1 Å². The van der Waals surface area contributed by atoms with Crippen LogP contribution in [0.2, 0.25) is 10.0 Å². The lowest BCUT2D eigenvalue weighted by atomic mass is 9.96. The van der Waals surface area contributed by atoms with Crippen LogP contribution in [0.3, 0.4) is 0 Å². The number of nitrogens with zero attached hydrogens (tertiary/aromatic N) is 2. The molecule has 1 amide bonds. The number of carbonyl (C=O) groups is 1. The lowest BCUT2D eigenvalue weighted by Gasteiger charge is -2.32. The maximum Gasteiger partial charge on any atom is 0.224 e. The average Bonchev–Trinajstić information content (AvgIpc) is 2.80. The van der Waals surface area contributed by atoms with Gasteiger partial charge in [-0.1, -0.05) is 53.5 Å². The number of ether oxygens (including phenoxy) is 1. The summed E-state index contributed by atoms with van der Waals surface area (Å²) in [5.74, 6) is 0.141. The van der Waals surface area contributed by atoms with E-state index >= 15 is 0 Å². The summed E-state index contributed by atoms with van der Waals surface area (Å²) in [7, 11) is 0. The molecule has 172 valence electrons. The Labute approximate surface area is 200 Å². The zero-order valence-electron chi connectivity index (χ0n) is 18.4. The number of hydrogen-bond acceptors (Lipinski definition) is 4. The van der Waals surface area contributed by atoms with Crippen molar-refractivity contribution in [3.05, 3.63) is 69.2 Å². The van der Waals surface area contributed by atoms with Crippen LogP contribution in [0.25, 0.3) is 0 Å². The van der Waals surface area contributed by atoms with Gasteiger partial charge in [0.1, 0.15) is 0 Å². The van der Waals surface area contributed by atoms with Crippen LogP contribution >= 0.6 is 23.2 Å². The topological polar surface area (TPSA) is 44.8 Å². The van der Waals surface area contributed by atoms with Crippen molar-refractivity contribution >= 4 is 29.1 Å². The van der Waals surface area contributed by atoms with Gasteiger partial charge < -0.3 is 10.1 Å². The molecule has 0 aliphatic carbocycles. The zero-order chi connectivity index (χ0) is 22.3. The molecule has 0 saturated carbocycles. The maximum absolute atomic E-state index is 12.9. The van der Waals surface area contributed by atoms with E-state index in [4.69, 9.17) is 27.9 Å². The predicted octanol–water partition coefficient (Wildman–Crippen LogP) is 4.35. The molecule has 1 unspecified atom stereocenters. The number of carbonyl (C=O) groups excluding carboxylic acids is 1. The fourth-order valence-electron chi connectivity index (χ4n) is 4.49. The van der Waals surface area contributed by atoms with Gasteiger partial charge in [0, 0.05) is 49.3 Å². The third-order valence-electron chi connectivity index (χ3n) is 6.25. The highest BCUT2D eigenvalue weighted by Gasteiger charge is 2.26. The quantitative estimate of drug-likeness (QED) is 0.646. The number of likely N-dealkylation sites (tertiary alicyclic amines) is 1. The molecule has 4 rings (SSSR count). The van der Waals surface area contributed by atoms with Gasteiger partial charge in [-0.25, -0.2) is 0 Å². The second-order valence-corrected chi connectivity index (χ2v) is 9.58. The molecule has 0 radical (unpaired) electrons. The van der Waals surface area contributed by atoms with Crippen LogP contribution in [0.5, 0.6) is 0 Å². The van der Waals surface area contributed by atoms with E-state index in [9.17, 15) is 4.79 Å². The molecular formula is C25H31Cl2N3O2. The highest BCUT2D eigenvalue weighted by atomic mass is 35.5. The van der Waals surface area contributed by atoms with Crippen LogP contribution in [0.4, 0.5) is 0 Å². The van der Waals surface area contributed by atoms with Crippen molar-refractivity contribution in [2.24, 2.45) is 5.92 Å². The number of hydrogen-bond donors (Lipinski definition) is 1. The summed E-state index contributed by atoms with van der Waals surface area (Å²) in [6.45, 7) is 7.51. The van der Waals surface area contributed by atoms with Crippen LogP contribution in [0.1, 0.15) is 29.5 Å². The van der Waals surface area contributed by atoms with Gasteiger partial charge in [-0.2, -0.15) is 0 Å². The SMILES string of the molecule is O=C(NCc1cccc(CN2CCOCC2)c1)C1CCCN(Cc2ccc(Cl)cc2Cl)C1. The number of morpholine rings is 1. The second kappa shape index (κ2) is 11.5. The summed E-state index contributed by atoms with van der Waals surface area (Å²) in [4.78, 5) is 17.6. The highest BCUT2D eigenvalue weighted by Crippen LogP contribution is 2.25. The summed E-state index contributed by atoms with van der Waals surface area (Å²) >= 11 is 12.3. The molecule has 2 aromatic rings. The molecule has 1 atom stereocenters. The van der Waals surface area contributed by atoms with Gasteiger partial charge in [0.25, 0.3) is 0 Å². The van der Waals surface area contributed by atoms with Crippen molar-refractivity contribution in [1.82, 2.24) is 15.1 Å². The van der Waals surface area contributed by atoms with Crippen molar-refractivity contribution in [2.75, 3.05) is 39.4 Å². The Kier molecular flexibility index (Phi) is 8.44. The van der Waals surface area contributed by atoms with E-state index in [1.807, 2.05) is 12.1 Å². The molecule has 0 aromatic heterocycles. The summed E-state index contributed by atoms with van der Waals surface area (Å²) < 4.78 is 5.43. The van der Waals surface area contributed by atoms with E-state index in [0.29, 0.717) is 16.6 Å². The number of piperidine rings is 1. The molecule has 5 nitrogen and oxygen atoms in total. The molecule has 0 spiro atoms. The first kappa shape index (κ1) is 23.5. The normalized spacial score (nSPS) is 20.2. The number of halogens is 2. The first-order valence-corrected chi connectivity index (χ1v) is 12.1. The molecule has 2 heterocycles. The number of amides is 1. The van der Waals surface area contributed by atoms with E-state index in [1.165, 1.54) is 5.56 Å². The predicted molar refractivity (Wildman–Crippen MR) is 129 cm³/mol. The van der Waals surface area contributed by atoms with Crippen molar-refractivity contribution < 1.29 is 9.53 Å². The third kappa shape index (κ3) is 6.69. The Morgan fingerprint density at radius 1 is 1.00 bits per heavy atom. The van der Waals surface area contributed by atoms with Gasteiger partial charge in [-0.3, -0.25) is 14.6 Å². The minimum absolute atomic E-state index is 0.00589. The maximum atomic E-state index is 12.9. The van der Waals surface area contributed by atoms with Gasteiger partial charge in [0.15, 0.2) is 0 Å². The van der Waals surface area contributed by atoms with Crippen LogP contribution in [0, 0.1) is 5.92 Å². The summed E-state index contributed by atoms with van der Waals surface area (Å²) in [5.41, 5.74) is 3.47. The zero-order valence-corrected chi connectivity index (χ0v) is 19.9. The minimum atomic E-state index is 0.00589. The largest absolute Gasteiger partial charge is 0.379 e. The average molecular weight is 476 g/mol. The number of rotatable bonds is 7. The molecular weight excluding hydrogens is 445 g/mol. The fraction of sp³-hybridized carbons (Fsp3) is 0.480. The number of nitrogens with one attached hydrogen (secondary N) is 1. The molecule has 1 N–H and O–H groups in total. The molecule has 2 fully saturated rings. The Bertz CT molecular complexity index is 918. The van der Waals surface area contributed by atoms with Gasteiger partial charge in [-0.05, 0) is 48.2 Å². The van der Waals surface area contributed by atoms with E-state index in [2.05, 4.69) is 39.4 Å². The van der Waals surface area contributed by atoms with Gasteiger partial charge in [-0.15, -0.1) is 0 Å². The van der Waals surface area contributed by atoms with E-state index in [0.717, 1.165) is 76.5 Å². The summed E-state index contributed by atoms with van der Waals surface area (Å²) in [6, 6.07) is 14.1. The lowest BCUT2D eigenvalue weighted by Crippen LogP contribution is -2.42. The van der Waals surface area contributed by atoms with Crippen molar-refractivity contribution in [3.8, 4) is 0 Å². The molecule has 2 saturated heterocycles. The van der Waals surface area contributed by atoms with Gasteiger partial charge in [0.05, 0.1) is 19.1 Å². The van der Waals surface area contributed by atoms with Crippen molar-refractivity contribution in [2.45, 2.75) is 32.5 Å². The first-order valence-electron chi connectivity index (χ1n) is 11.4. The van der Waals surface area contributed by atoms with Crippen LogP contribution in [-0.2, 0) is 29.2 Å². The van der Waals surface area contributed by atoms with Gasteiger partial charge >= 0.3 is 0 Å². The minimum Gasteiger partial charge on any atom is -0.379 e. The smallest absolute Gasteiger partial charge is 0.224 e. The first-order chi connectivity index (χ1) is 15.6. The summed E-state index contributed by atoms with van der Waals surface area (Å²) in [6.07, 6.45) is 1.94. The Morgan fingerprint density at radius 2 is 1.81 bits per heavy atom. The lowest BCUT2D eigenvalue weighted by molar-refractivity contribution is -0.126. The molecule has 2 aliphatic rings. The molecule has 7 heteroatoms. The van der Waals surface area contributed by atoms with E-state index in [-0.39, 0.29) is 11.8 Å². The van der Waals surface area contributed by atoms with E-state index < -0.39 is 0 Å². The van der Waals surface area contributed by atoms with Crippen LogP contribution < -0.4 is 5.32 Å². The molecule has 2 aliphatic heterocycles. The van der Waals surface area contributed by atoms with Gasteiger partial charge in [0.2, 0.25) is 5.91 Å². The third-order valence-corrected chi connectivity index (χ3v) is 6.84. The fourth-order valence-corrected chi connectivity index (χ4v) is 4.96. The van der Waals surface area contributed by atoms with Crippen molar-refractivity contribution in [3.63, 3.8) is 0 Å². The molecule has 0 bridgehead atoms. The Balaban J connectivity index is 1.27. The standard InChI is InChI=1S/C25H31Cl2N3O2/c26-23-7-6-21(24(27)14-23)17-30-8-2-5-22(18-30)25(31)28-15-19-3-1-4-20(13-19)16-29-9-11-32-12-10-29/h1,3-4,6-7,13-14,22H,2,5,8-12,15-18H2,(H,28,31). The second-order valence-electron chi connectivity index (χ2n) is 8.74. The monoisotopic (exact) mass is 475 g/mol. The Morgan fingerprint density at radius 3 is 2.62 bits per heavy atom. The van der Waals surface area contributed by atoms with Crippen molar-refractivity contribution in [1.29, 1.82) is 0 Å². The Hall–Kier alpha value is -1.63.